The van der Waals surface area contributed by atoms with Gasteiger partial charge in [0.2, 0.25) is 5.91 Å². The van der Waals surface area contributed by atoms with Gasteiger partial charge in [-0.2, -0.15) is 0 Å². The van der Waals surface area contributed by atoms with Crippen LogP contribution in [-0.2, 0) is 9.53 Å². The van der Waals surface area contributed by atoms with Crippen LogP contribution in [0.2, 0.25) is 0 Å². The van der Waals surface area contributed by atoms with Crippen LogP contribution in [0.1, 0.15) is 61.3 Å². The van der Waals surface area contributed by atoms with E-state index in [0.717, 1.165) is 18.5 Å². The van der Waals surface area contributed by atoms with Gasteiger partial charge in [0.15, 0.2) is 0 Å². The van der Waals surface area contributed by atoms with Gasteiger partial charge in [-0.1, -0.05) is 25.5 Å². The van der Waals surface area contributed by atoms with E-state index in [2.05, 4.69) is 32.9 Å². The van der Waals surface area contributed by atoms with E-state index in [0.29, 0.717) is 19.0 Å². The zero-order valence-corrected chi connectivity index (χ0v) is 19.6. The average Bonchev–Trinajstić information content (AvgIpc) is 2.65. The van der Waals surface area contributed by atoms with Crippen LogP contribution < -0.4 is 5.73 Å². The lowest BCUT2D eigenvalue weighted by Crippen LogP contribution is -2.59. The molecule has 0 aromatic carbocycles. The number of nitrogens with two attached hydrogens (primary N) is 1. The molecule has 168 valence electrons. The van der Waals surface area contributed by atoms with E-state index in [1.807, 2.05) is 30.6 Å². The number of amides is 2. The molecule has 0 radical (unpaired) electrons. The van der Waals surface area contributed by atoms with E-state index in [1.54, 1.807) is 6.92 Å². The van der Waals surface area contributed by atoms with Gasteiger partial charge in [-0.25, -0.2) is 4.79 Å². The fourth-order valence-electron chi connectivity index (χ4n) is 5.50. The number of carbonyl (C=O) groups is 2. The number of likely N-dealkylation sites (tertiary alicyclic amines) is 2. The third-order valence-electron chi connectivity index (χ3n) is 7.28. The highest BCUT2D eigenvalue weighted by atomic mass is 16.6. The van der Waals surface area contributed by atoms with Crippen LogP contribution in [0.3, 0.4) is 0 Å². The fraction of sp³-hybridized carbons (Fsp3) is 0.750. The van der Waals surface area contributed by atoms with Gasteiger partial charge >= 0.3 is 6.09 Å². The maximum atomic E-state index is 12.4. The summed E-state index contributed by atoms with van der Waals surface area (Å²) in [7, 11) is 0. The van der Waals surface area contributed by atoms with Crippen LogP contribution in [-0.4, -0.2) is 52.6 Å². The fourth-order valence-corrected chi connectivity index (χ4v) is 5.50. The predicted octanol–water partition coefficient (Wildman–Crippen LogP) is 3.92. The standard InChI is InChI=1S/C24H39N3O3/c1-14-16(3)27(17(4)28)20-9-8-19(15(2)21(20)22(14)25)18-10-12-26(13-11-18)23(29)30-24(5,6)7/h8-9,14-16,18,21-22H,10-13,25H2,1-7H3/t14-,15?,16-,21?,22+/m0/s1. The Labute approximate surface area is 181 Å². The van der Waals surface area contributed by atoms with Crippen molar-refractivity contribution in [3.05, 3.63) is 23.4 Å². The van der Waals surface area contributed by atoms with E-state index >= 15 is 0 Å². The SMILES string of the molecule is CC(=O)N1C2=CC=C(C3CCN(C(=O)OC(C)(C)C)CC3)C(C)C2[C@H](N)[C@@H](C)[C@@H]1C. The van der Waals surface area contributed by atoms with Gasteiger partial charge in [0, 0.05) is 43.7 Å². The molecule has 2 heterocycles. The molecule has 0 spiro atoms. The molecular weight excluding hydrogens is 378 g/mol. The zero-order valence-electron chi connectivity index (χ0n) is 19.6. The Balaban J connectivity index is 1.76. The molecule has 3 aliphatic rings. The topological polar surface area (TPSA) is 75.9 Å². The quantitative estimate of drug-likeness (QED) is 0.701. The summed E-state index contributed by atoms with van der Waals surface area (Å²) in [6.45, 7) is 15.3. The Morgan fingerprint density at radius 3 is 2.23 bits per heavy atom. The average molecular weight is 418 g/mol. The van der Waals surface area contributed by atoms with Crippen molar-refractivity contribution in [2.24, 2.45) is 29.4 Å². The minimum atomic E-state index is -0.469. The normalized spacial score (nSPS) is 32.9. The van der Waals surface area contributed by atoms with E-state index in [-0.39, 0.29) is 41.8 Å². The summed E-state index contributed by atoms with van der Waals surface area (Å²) in [6, 6.07) is 0.140. The predicted molar refractivity (Wildman–Crippen MR) is 118 cm³/mol. The molecule has 2 N–H and O–H groups in total. The van der Waals surface area contributed by atoms with Crippen molar-refractivity contribution in [1.82, 2.24) is 9.80 Å². The number of rotatable bonds is 1. The molecule has 5 atom stereocenters. The Bertz CT molecular complexity index is 743. The molecule has 6 heteroatoms. The number of fused-ring (bicyclic) bond motifs is 1. The summed E-state index contributed by atoms with van der Waals surface area (Å²) in [4.78, 5) is 28.5. The maximum Gasteiger partial charge on any atom is 0.410 e. The van der Waals surface area contributed by atoms with Gasteiger partial charge in [-0.05, 0) is 64.4 Å². The molecule has 2 amide bonds. The Kier molecular flexibility index (Phi) is 6.38. The first kappa shape index (κ1) is 22.9. The van der Waals surface area contributed by atoms with Crippen molar-refractivity contribution in [2.45, 2.75) is 79.0 Å². The molecule has 30 heavy (non-hydrogen) atoms. The van der Waals surface area contributed by atoms with Crippen molar-refractivity contribution >= 4 is 12.0 Å². The van der Waals surface area contributed by atoms with Crippen LogP contribution in [0.15, 0.2) is 23.4 Å². The number of allylic oxidation sites excluding steroid dienone is 3. The van der Waals surface area contributed by atoms with Crippen molar-refractivity contribution < 1.29 is 14.3 Å². The third-order valence-corrected chi connectivity index (χ3v) is 7.28. The van der Waals surface area contributed by atoms with Crippen LogP contribution in [0.25, 0.3) is 0 Å². The number of ether oxygens (including phenoxy) is 1. The minimum Gasteiger partial charge on any atom is -0.444 e. The number of piperidine rings is 2. The van der Waals surface area contributed by atoms with Gasteiger partial charge in [0.25, 0.3) is 0 Å². The largest absolute Gasteiger partial charge is 0.444 e. The molecule has 0 aromatic rings. The summed E-state index contributed by atoms with van der Waals surface area (Å²) in [5.41, 5.74) is 8.73. The van der Waals surface area contributed by atoms with Gasteiger partial charge in [0.1, 0.15) is 5.60 Å². The van der Waals surface area contributed by atoms with Gasteiger partial charge < -0.3 is 20.3 Å². The summed E-state index contributed by atoms with van der Waals surface area (Å²) in [5.74, 6) is 1.21. The van der Waals surface area contributed by atoms with Crippen molar-refractivity contribution in [1.29, 1.82) is 0 Å². The zero-order chi connectivity index (χ0) is 22.4. The Morgan fingerprint density at radius 2 is 1.70 bits per heavy atom. The molecular formula is C24H39N3O3. The molecule has 1 aliphatic carbocycles. The van der Waals surface area contributed by atoms with E-state index < -0.39 is 5.60 Å². The smallest absolute Gasteiger partial charge is 0.410 e. The lowest BCUT2D eigenvalue weighted by atomic mass is 9.66. The summed E-state index contributed by atoms with van der Waals surface area (Å²) < 4.78 is 5.53. The van der Waals surface area contributed by atoms with Crippen LogP contribution in [0.4, 0.5) is 4.79 Å². The minimum absolute atomic E-state index is 0.0300. The lowest BCUT2D eigenvalue weighted by molar-refractivity contribution is -0.132. The summed E-state index contributed by atoms with van der Waals surface area (Å²) in [5, 5.41) is 0. The molecule has 0 aromatic heterocycles. The molecule has 0 saturated carbocycles. The van der Waals surface area contributed by atoms with Gasteiger partial charge in [0.05, 0.1) is 0 Å². The second-order valence-corrected chi connectivity index (χ2v) is 10.4. The monoisotopic (exact) mass is 417 g/mol. The van der Waals surface area contributed by atoms with Gasteiger partial charge in [-0.15, -0.1) is 0 Å². The van der Waals surface area contributed by atoms with E-state index in [4.69, 9.17) is 10.5 Å². The van der Waals surface area contributed by atoms with Crippen molar-refractivity contribution in [3.8, 4) is 0 Å². The van der Waals surface area contributed by atoms with E-state index in [1.165, 1.54) is 5.57 Å². The van der Waals surface area contributed by atoms with Crippen LogP contribution in [0, 0.1) is 23.7 Å². The number of nitrogens with zero attached hydrogens (tertiary/aromatic N) is 2. The van der Waals surface area contributed by atoms with Crippen molar-refractivity contribution in [2.75, 3.05) is 13.1 Å². The van der Waals surface area contributed by atoms with Gasteiger partial charge in [-0.3, -0.25) is 4.79 Å². The highest BCUT2D eigenvalue weighted by Gasteiger charge is 2.46. The maximum absolute atomic E-state index is 12.4. The van der Waals surface area contributed by atoms with Crippen LogP contribution in [0.5, 0.6) is 0 Å². The lowest BCUT2D eigenvalue weighted by Gasteiger charge is -2.51. The van der Waals surface area contributed by atoms with E-state index in [9.17, 15) is 9.59 Å². The molecule has 6 nitrogen and oxygen atoms in total. The summed E-state index contributed by atoms with van der Waals surface area (Å²) in [6.07, 6.45) is 5.99. The molecule has 2 fully saturated rings. The van der Waals surface area contributed by atoms with Crippen LogP contribution >= 0.6 is 0 Å². The third kappa shape index (κ3) is 4.29. The Hall–Kier alpha value is -1.82. The molecule has 2 aliphatic heterocycles. The van der Waals surface area contributed by atoms with Crippen molar-refractivity contribution in [3.63, 3.8) is 0 Å². The highest BCUT2D eigenvalue weighted by molar-refractivity contribution is 5.76. The number of carbonyl (C=O) groups excluding carboxylic acids is 2. The number of hydrogen-bond donors (Lipinski definition) is 1. The number of hydrogen-bond acceptors (Lipinski definition) is 4. The first-order chi connectivity index (χ1) is 13.9. The first-order valence-electron chi connectivity index (χ1n) is 11.4. The molecule has 0 bridgehead atoms. The molecule has 2 saturated heterocycles. The molecule has 2 unspecified atom stereocenters. The summed E-state index contributed by atoms with van der Waals surface area (Å²) >= 11 is 0. The molecule has 3 rings (SSSR count). The highest BCUT2D eigenvalue weighted by Crippen LogP contribution is 2.46. The first-order valence-corrected chi connectivity index (χ1v) is 11.4. The Morgan fingerprint density at radius 1 is 1.10 bits per heavy atom. The second-order valence-electron chi connectivity index (χ2n) is 10.4. The second kappa shape index (κ2) is 8.37.